The molecule has 2 aliphatic rings. The van der Waals surface area contributed by atoms with Crippen molar-refractivity contribution < 1.29 is 8.42 Å². The fraction of sp³-hybridized carbons (Fsp3) is 0.409. The Morgan fingerprint density at radius 3 is 2.33 bits per heavy atom. The molecular weight excluding hydrogens is 398 g/mol. The van der Waals surface area contributed by atoms with Gasteiger partial charge in [-0.25, -0.2) is 18.5 Å². The maximum absolute atomic E-state index is 12.8. The Morgan fingerprint density at radius 1 is 1.00 bits per heavy atom. The topological polar surface area (TPSA) is 123 Å². The van der Waals surface area contributed by atoms with Crippen molar-refractivity contribution in [1.29, 1.82) is 0 Å². The second-order valence-corrected chi connectivity index (χ2v) is 9.49. The van der Waals surface area contributed by atoms with Crippen LogP contribution in [-0.4, -0.2) is 20.9 Å². The predicted molar refractivity (Wildman–Crippen MR) is 118 cm³/mol. The lowest BCUT2D eigenvalue weighted by atomic mass is 9.84. The third-order valence-electron chi connectivity index (χ3n) is 5.93. The van der Waals surface area contributed by atoms with E-state index in [0.717, 1.165) is 35.1 Å². The first-order chi connectivity index (χ1) is 14.5. The third kappa shape index (κ3) is 4.35. The lowest BCUT2D eigenvalue weighted by molar-refractivity contribution is 0.355. The SMILES string of the molecule is NCc1ccc(-c2ccc(CC3CCCCC3)c(S(N)(=O)=O)c2C2=NCN=N2)cc1. The Balaban J connectivity index is 1.89. The first-order valence-electron chi connectivity index (χ1n) is 10.4. The molecule has 0 radical (unpaired) electrons. The first kappa shape index (κ1) is 20.8. The third-order valence-corrected chi connectivity index (χ3v) is 6.97. The summed E-state index contributed by atoms with van der Waals surface area (Å²) in [6.45, 7) is 0.634. The minimum Gasteiger partial charge on any atom is -0.326 e. The second-order valence-electron chi connectivity index (χ2n) is 8.00. The number of primary sulfonamides is 1. The minimum absolute atomic E-state index is 0.132. The molecule has 30 heavy (non-hydrogen) atoms. The van der Waals surface area contributed by atoms with Crippen molar-refractivity contribution >= 4 is 15.9 Å². The van der Waals surface area contributed by atoms with Crippen molar-refractivity contribution in [3.05, 3.63) is 53.1 Å². The number of amidine groups is 1. The highest BCUT2D eigenvalue weighted by Gasteiger charge is 2.28. The van der Waals surface area contributed by atoms with Crippen LogP contribution >= 0.6 is 0 Å². The van der Waals surface area contributed by atoms with Crippen LogP contribution in [-0.2, 0) is 23.0 Å². The van der Waals surface area contributed by atoms with Gasteiger partial charge in [-0.3, -0.25) is 0 Å². The summed E-state index contributed by atoms with van der Waals surface area (Å²) in [5.41, 5.74) is 9.50. The number of benzene rings is 2. The van der Waals surface area contributed by atoms with Crippen molar-refractivity contribution in [1.82, 2.24) is 0 Å². The van der Waals surface area contributed by atoms with E-state index in [1.54, 1.807) is 0 Å². The number of nitrogens with two attached hydrogens (primary N) is 2. The number of nitrogens with zero attached hydrogens (tertiary/aromatic N) is 3. The zero-order valence-corrected chi connectivity index (χ0v) is 17.7. The summed E-state index contributed by atoms with van der Waals surface area (Å²) in [4.78, 5) is 4.46. The van der Waals surface area contributed by atoms with Crippen LogP contribution in [0.3, 0.4) is 0 Å². The Labute approximate surface area is 177 Å². The van der Waals surface area contributed by atoms with E-state index in [-0.39, 0.29) is 11.6 Å². The van der Waals surface area contributed by atoms with E-state index in [1.165, 1.54) is 19.3 Å². The van der Waals surface area contributed by atoms with Crippen LogP contribution in [0.25, 0.3) is 11.1 Å². The molecule has 2 aromatic carbocycles. The number of rotatable bonds is 6. The van der Waals surface area contributed by atoms with Crippen LogP contribution in [0.5, 0.6) is 0 Å². The van der Waals surface area contributed by atoms with Crippen LogP contribution in [0.2, 0.25) is 0 Å². The van der Waals surface area contributed by atoms with Gasteiger partial charge in [0.1, 0.15) is 0 Å². The van der Waals surface area contributed by atoms with Gasteiger partial charge in [0.15, 0.2) is 12.5 Å². The first-order valence-corrected chi connectivity index (χ1v) is 11.9. The van der Waals surface area contributed by atoms with Gasteiger partial charge in [0, 0.05) is 12.1 Å². The molecule has 0 spiro atoms. The highest BCUT2D eigenvalue weighted by molar-refractivity contribution is 7.89. The van der Waals surface area contributed by atoms with Gasteiger partial charge in [0.05, 0.1) is 4.90 Å². The van der Waals surface area contributed by atoms with Gasteiger partial charge < -0.3 is 5.73 Å². The predicted octanol–water partition coefficient (Wildman–Crippen LogP) is 3.75. The highest BCUT2D eigenvalue weighted by atomic mass is 32.2. The van der Waals surface area contributed by atoms with Crippen molar-refractivity contribution in [3.63, 3.8) is 0 Å². The largest absolute Gasteiger partial charge is 0.326 e. The van der Waals surface area contributed by atoms with E-state index in [9.17, 15) is 8.42 Å². The van der Waals surface area contributed by atoms with Crippen molar-refractivity contribution in [3.8, 4) is 11.1 Å². The van der Waals surface area contributed by atoms with E-state index in [0.29, 0.717) is 30.3 Å². The van der Waals surface area contributed by atoms with E-state index >= 15 is 0 Å². The number of azo groups is 1. The van der Waals surface area contributed by atoms with Crippen LogP contribution in [0.15, 0.2) is 56.5 Å². The number of sulfonamides is 1. The second kappa shape index (κ2) is 8.75. The number of hydrogen-bond acceptors (Lipinski definition) is 6. The van der Waals surface area contributed by atoms with Crippen molar-refractivity contribution in [2.75, 3.05) is 6.67 Å². The maximum atomic E-state index is 12.8. The molecule has 0 aromatic heterocycles. The zero-order chi connectivity index (χ0) is 21.1. The number of hydrogen-bond donors (Lipinski definition) is 2. The monoisotopic (exact) mass is 425 g/mol. The van der Waals surface area contributed by atoms with Gasteiger partial charge in [-0.05, 0) is 34.6 Å². The summed E-state index contributed by atoms with van der Waals surface area (Å²) < 4.78 is 25.6. The molecule has 1 heterocycles. The van der Waals surface area contributed by atoms with E-state index in [1.807, 2.05) is 36.4 Å². The van der Waals surface area contributed by atoms with Gasteiger partial charge in [0.25, 0.3) is 0 Å². The minimum atomic E-state index is -4.00. The molecule has 1 saturated carbocycles. The molecule has 0 saturated heterocycles. The van der Waals surface area contributed by atoms with E-state index in [2.05, 4.69) is 15.2 Å². The molecule has 4 N–H and O–H groups in total. The van der Waals surface area contributed by atoms with Crippen molar-refractivity contribution in [2.24, 2.45) is 32.0 Å². The molecule has 0 amide bonds. The van der Waals surface area contributed by atoms with Gasteiger partial charge >= 0.3 is 0 Å². The number of aliphatic imine (C=N–C) groups is 1. The summed E-state index contributed by atoms with van der Waals surface area (Å²) in [7, 11) is -4.00. The molecule has 158 valence electrons. The Bertz CT molecular complexity index is 1090. The van der Waals surface area contributed by atoms with Crippen molar-refractivity contribution in [2.45, 2.75) is 50.0 Å². The average Bonchev–Trinajstić information content (AvgIpc) is 3.28. The normalized spacial score (nSPS) is 17.3. The molecule has 0 unspecified atom stereocenters. The summed E-state index contributed by atoms with van der Waals surface area (Å²) >= 11 is 0. The fourth-order valence-corrected chi connectivity index (χ4v) is 5.46. The lowest BCUT2D eigenvalue weighted by Crippen LogP contribution is -2.21. The molecule has 1 aliphatic carbocycles. The maximum Gasteiger partial charge on any atom is 0.239 e. The summed E-state index contributed by atoms with van der Waals surface area (Å²) in [5.74, 6) is 0.788. The standard InChI is InChI=1S/C22H27N5O2S/c23-13-16-6-8-17(9-7-16)19-11-10-18(12-15-4-2-1-3-5-15)21(30(24,28)29)20(19)22-25-14-26-27-22/h6-11,15H,1-5,12-14,23H2,(H2,24,28,29). The Kier molecular flexibility index (Phi) is 6.08. The fourth-order valence-electron chi connectivity index (χ4n) is 4.45. The molecule has 8 heteroatoms. The molecule has 0 atom stereocenters. The zero-order valence-electron chi connectivity index (χ0n) is 16.9. The molecule has 1 fully saturated rings. The van der Waals surface area contributed by atoms with E-state index in [4.69, 9.17) is 10.9 Å². The van der Waals surface area contributed by atoms with Gasteiger partial charge in [-0.2, -0.15) is 5.11 Å². The Morgan fingerprint density at radius 2 is 1.73 bits per heavy atom. The molecule has 1 aliphatic heterocycles. The smallest absolute Gasteiger partial charge is 0.239 e. The lowest BCUT2D eigenvalue weighted by Gasteiger charge is -2.24. The average molecular weight is 426 g/mol. The van der Waals surface area contributed by atoms with Crippen LogP contribution < -0.4 is 10.9 Å². The van der Waals surface area contributed by atoms with Gasteiger partial charge in [0.2, 0.25) is 10.0 Å². The summed E-state index contributed by atoms with van der Waals surface area (Å²) in [6.07, 6.45) is 6.54. The quantitative estimate of drug-likeness (QED) is 0.732. The Hall–Kier alpha value is -2.42. The van der Waals surface area contributed by atoms with Crippen LogP contribution in [0.4, 0.5) is 0 Å². The summed E-state index contributed by atoms with van der Waals surface area (Å²) in [5, 5.41) is 13.8. The van der Waals surface area contributed by atoms with Crippen LogP contribution in [0.1, 0.15) is 48.8 Å². The van der Waals surface area contributed by atoms with Crippen LogP contribution in [0, 0.1) is 5.92 Å². The van der Waals surface area contributed by atoms with Gasteiger partial charge in [-0.15, -0.1) is 5.11 Å². The molecule has 2 aromatic rings. The molecule has 0 bridgehead atoms. The molecule has 7 nitrogen and oxygen atoms in total. The van der Waals surface area contributed by atoms with Gasteiger partial charge in [-0.1, -0.05) is 68.5 Å². The molecule has 4 rings (SSSR count). The summed E-state index contributed by atoms with van der Waals surface area (Å²) in [6, 6.07) is 11.6. The van der Waals surface area contributed by atoms with E-state index < -0.39 is 10.0 Å². The molecular formula is C22H27N5O2S. The highest BCUT2D eigenvalue weighted by Crippen LogP contribution is 2.36.